The summed E-state index contributed by atoms with van der Waals surface area (Å²) in [6, 6.07) is 18.2. The molecular weight excluding hydrogens is 258 g/mol. The molecule has 2 aromatic rings. The van der Waals surface area contributed by atoms with Gasteiger partial charge in [-0.2, -0.15) is 0 Å². The van der Waals surface area contributed by atoms with E-state index in [9.17, 15) is 4.79 Å². The highest BCUT2D eigenvalue weighted by molar-refractivity contribution is 5.94. The predicted molar refractivity (Wildman–Crippen MR) is 86.2 cm³/mol. The zero-order valence-corrected chi connectivity index (χ0v) is 12.5. The van der Waals surface area contributed by atoms with Crippen LogP contribution in [0.25, 0.3) is 11.1 Å². The van der Waals surface area contributed by atoms with E-state index in [1.54, 1.807) is 0 Å². The minimum absolute atomic E-state index is 0.168. The number of hydrogen-bond acceptors (Lipinski definition) is 1. The van der Waals surface area contributed by atoms with Crippen LogP contribution in [0.3, 0.4) is 0 Å². The lowest BCUT2D eigenvalue weighted by molar-refractivity contribution is 0.0683. The Kier molecular flexibility index (Phi) is 4.05. The number of carbonyl (C=O) groups is 1. The molecule has 1 atom stereocenters. The van der Waals surface area contributed by atoms with Crippen molar-refractivity contribution >= 4 is 5.91 Å². The van der Waals surface area contributed by atoms with Crippen molar-refractivity contribution in [3.05, 3.63) is 60.2 Å². The van der Waals surface area contributed by atoms with Crippen LogP contribution in [0.4, 0.5) is 0 Å². The first-order valence-corrected chi connectivity index (χ1v) is 7.69. The molecule has 1 fully saturated rings. The summed E-state index contributed by atoms with van der Waals surface area (Å²) < 4.78 is 0. The van der Waals surface area contributed by atoms with Crippen LogP contribution in [0.1, 0.15) is 30.1 Å². The van der Waals surface area contributed by atoms with Crippen LogP contribution in [-0.2, 0) is 0 Å². The first-order chi connectivity index (χ1) is 10.2. The van der Waals surface area contributed by atoms with E-state index in [0.717, 1.165) is 30.6 Å². The molecule has 2 nitrogen and oxygen atoms in total. The van der Waals surface area contributed by atoms with E-state index in [1.165, 1.54) is 12.0 Å². The summed E-state index contributed by atoms with van der Waals surface area (Å²) in [4.78, 5) is 14.5. The van der Waals surface area contributed by atoms with Gasteiger partial charge in [-0.15, -0.1) is 0 Å². The van der Waals surface area contributed by atoms with Crippen molar-refractivity contribution in [2.75, 3.05) is 13.1 Å². The summed E-state index contributed by atoms with van der Waals surface area (Å²) in [5.41, 5.74) is 3.13. The number of carbonyl (C=O) groups excluding carboxylic acids is 1. The minimum Gasteiger partial charge on any atom is -0.338 e. The Morgan fingerprint density at radius 1 is 1.00 bits per heavy atom. The molecule has 0 aromatic heterocycles. The van der Waals surface area contributed by atoms with E-state index in [-0.39, 0.29) is 5.91 Å². The van der Waals surface area contributed by atoms with Crippen molar-refractivity contribution in [1.29, 1.82) is 0 Å². The van der Waals surface area contributed by atoms with E-state index in [0.29, 0.717) is 5.92 Å². The number of likely N-dealkylation sites (tertiary alicyclic amines) is 1. The van der Waals surface area contributed by atoms with Crippen molar-refractivity contribution in [2.45, 2.75) is 19.8 Å². The topological polar surface area (TPSA) is 20.3 Å². The lowest BCUT2D eigenvalue weighted by Crippen LogP contribution is -2.39. The molecule has 1 heterocycles. The molecule has 0 spiro atoms. The van der Waals surface area contributed by atoms with Gasteiger partial charge < -0.3 is 4.90 Å². The summed E-state index contributed by atoms with van der Waals surface area (Å²) in [7, 11) is 0. The Labute approximate surface area is 126 Å². The van der Waals surface area contributed by atoms with Gasteiger partial charge in [-0.1, -0.05) is 49.4 Å². The smallest absolute Gasteiger partial charge is 0.253 e. The van der Waals surface area contributed by atoms with Gasteiger partial charge in [0, 0.05) is 18.7 Å². The zero-order chi connectivity index (χ0) is 14.7. The van der Waals surface area contributed by atoms with Crippen LogP contribution < -0.4 is 0 Å². The number of amides is 1. The Hall–Kier alpha value is -2.09. The van der Waals surface area contributed by atoms with E-state index in [1.807, 2.05) is 47.4 Å². The third-order valence-electron chi connectivity index (χ3n) is 4.18. The fraction of sp³-hybridized carbons (Fsp3) is 0.316. The molecule has 1 aliphatic heterocycles. The minimum atomic E-state index is 0.168. The Morgan fingerprint density at radius 2 is 1.67 bits per heavy atom. The molecule has 2 heteroatoms. The normalized spacial score (nSPS) is 18.5. The lowest BCUT2D eigenvalue weighted by atomic mass is 9.99. The maximum Gasteiger partial charge on any atom is 0.253 e. The van der Waals surface area contributed by atoms with Crippen LogP contribution in [0, 0.1) is 5.92 Å². The summed E-state index contributed by atoms with van der Waals surface area (Å²) >= 11 is 0. The SMILES string of the molecule is C[C@H]1CCCN(C(=O)c2ccc(-c3ccccc3)cc2)C1. The van der Waals surface area contributed by atoms with Crippen LogP contribution >= 0.6 is 0 Å². The zero-order valence-electron chi connectivity index (χ0n) is 12.5. The molecule has 0 aliphatic carbocycles. The molecular formula is C19H21NO. The quantitative estimate of drug-likeness (QED) is 0.805. The predicted octanol–water partition coefficient (Wildman–Crippen LogP) is 4.23. The van der Waals surface area contributed by atoms with E-state index >= 15 is 0 Å². The molecule has 3 rings (SSSR count). The summed E-state index contributed by atoms with van der Waals surface area (Å²) in [5.74, 6) is 0.785. The standard InChI is InChI=1S/C19H21NO/c1-15-6-5-13-20(14-15)19(21)18-11-9-17(10-12-18)16-7-3-2-4-8-16/h2-4,7-12,15H,5-6,13-14H2,1H3/t15-/m0/s1. The average Bonchev–Trinajstić information content (AvgIpc) is 2.55. The molecule has 1 amide bonds. The number of rotatable bonds is 2. The molecule has 0 bridgehead atoms. The Balaban J connectivity index is 1.76. The highest BCUT2D eigenvalue weighted by atomic mass is 16.2. The number of benzene rings is 2. The maximum absolute atomic E-state index is 12.5. The molecule has 0 N–H and O–H groups in total. The Morgan fingerprint density at radius 3 is 2.33 bits per heavy atom. The molecule has 0 saturated carbocycles. The molecule has 0 radical (unpaired) electrons. The molecule has 2 aromatic carbocycles. The van der Waals surface area contributed by atoms with Gasteiger partial charge in [0.25, 0.3) is 5.91 Å². The maximum atomic E-state index is 12.5. The number of piperidine rings is 1. The first-order valence-electron chi connectivity index (χ1n) is 7.69. The van der Waals surface area contributed by atoms with Gasteiger partial charge in [0.05, 0.1) is 0 Å². The molecule has 1 aliphatic rings. The van der Waals surface area contributed by atoms with Crippen LogP contribution in [-0.4, -0.2) is 23.9 Å². The highest BCUT2D eigenvalue weighted by Gasteiger charge is 2.21. The third-order valence-corrected chi connectivity index (χ3v) is 4.18. The summed E-state index contributed by atoms with van der Waals surface area (Å²) in [6.45, 7) is 4.00. The molecule has 1 saturated heterocycles. The fourth-order valence-electron chi connectivity index (χ4n) is 2.99. The highest BCUT2D eigenvalue weighted by Crippen LogP contribution is 2.21. The second kappa shape index (κ2) is 6.13. The second-order valence-electron chi connectivity index (χ2n) is 5.94. The lowest BCUT2D eigenvalue weighted by Gasteiger charge is -2.31. The van der Waals surface area contributed by atoms with Crippen molar-refractivity contribution in [1.82, 2.24) is 4.90 Å². The number of nitrogens with zero attached hydrogens (tertiary/aromatic N) is 1. The van der Waals surface area contributed by atoms with Gasteiger partial charge in [0.2, 0.25) is 0 Å². The summed E-state index contributed by atoms with van der Waals surface area (Å²) in [5, 5.41) is 0. The van der Waals surface area contributed by atoms with Gasteiger partial charge in [-0.25, -0.2) is 0 Å². The van der Waals surface area contributed by atoms with E-state index < -0.39 is 0 Å². The molecule has 108 valence electrons. The largest absolute Gasteiger partial charge is 0.338 e. The van der Waals surface area contributed by atoms with Gasteiger partial charge in [-0.3, -0.25) is 4.79 Å². The van der Waals surface area contributed by atoms with Gasteiger partial charge >= 0.3 is 0 Å². The van der Waals surface area contributed by atoms with Crippen molar-refractivity contribution < 1.29 is 4.79 Å². The van der Waals surface area contributed by atoms with E-state index in [2.05, 4.69) is 19.1 Å². The van der Waals surface area contributed by atoms with Crippen molar-refractivity contribution in [3.8, 4) is 11.1 Å². The first kappa shape index (κ1) is 13.9. The van der Waals surface area contributed by atoms with Crippen LogP contribution in [0.2, 0.25) is 0 Å². The van der Waals surface area contributed by atoms with Crippen molar-refractivity contribution in [3.63, 3.8) is 0 Å². The second-order valence-corrected chi connectivity index (χ2v) is 5.94. The average molecular weight is 279 g/mol. The fourth-order valence-corrected chi connectivity index (χ4v) is 2.99. The number of hydrogen-bond donors (Lipinski definition) is 0. The molecule has 21 heavy (non-hydrogen) atoms. The van der Waals surface area contributed by atoms with Gasteiger partial charge in [0.15, 0.2) is 0 Å². The van der Waals surface area contributed by atoms with Gasteiger partial charge in [-0.05, 0) is 42.0 Å². The molecule has 0 unspecified atom stereocenters. The van der Waals surface area contributed by atoms with Crippen LogP contribution in [0.15, 0.2) is 54.6 Å². The van der Waals surface area contributed by atoms with Crippen LogP contribution in [0.5, 0.6) is 0 Å². The van der Waals surface area contributed by atoms with Gasteiger partial charge in [0.1, 0.15) is 0 Å². The van der Waals surface area contributed by atoms with Crippen molar-refractivity contribution in [2.24, 2.45) is 5.92 Å². The van der Waals surface area contributed by atoms with E-state index in [4.69, 9.17) is 0 Å². The summed E-state index contributed by atoms with van der Waals surface area (Å²) in [6.07, 6.45) is 2.35. The monoisotopic (exact) mass is 279 g/mol. The third kappa shape index (κ3) is 3.15. The Bertz CT molecular complexity index is 603.